The second-order valence-corrected chi connectivity index (χ2v) is 5.55. The third-order valence-corrected chi connectivity index (χ3v) is 3.67. The van der Waals surface area contributed by atoms with Crippen LogP contribution in [0.5, 0.6) is 0 Å². The fraction of sp³-hybridized carbons (Fsp3) is 1.00. The smallest absolute Gasteiger partial charge is 0.0776 e. The molecule has 0 aromatic heterocycles. The molecule has 0 radical (unpaired) electrons. The van der Waals surface area contributed by atoms with E-state index in [2.05, 4.69) is 17.8 Å². The molecule has 0 saturated heterocycles. The maximum Gasteiger partial charge on any atom is 0.0776 e. The van der Waals surface area contributed by atoms with Crippen molar-refractivity contribution in [2.24, 2.45) is 5.11 Å². The molecule has 13 heteroatoms. The van der Waals surface area contributed by atoms with Gasteiger partial charge in [0.15, 0.2) is 0 Å². The Balaban J connectivity index is 2.93. The van der Waals surface area contributed by atoms with Gasteiger partial charge in [-0.25, -0.2) is 0 Å². The Hall–Kier alpha value is -0.0406. The van der Waals surface area contributed by atoms with Gasteiger partial charge in [0.05, 0.1) is 29.2 Å². The van der Waals surface area contributed by atoms with E-state index in [1.807, 2.05) is 0 Å². The standard InChI is InChI=1S/C6H23B10N3/c7-11-15-13-9-6-10-14-16-12-8-4-2-1-3-5-18-19-17/h8-16H,1-7H2. The molecule has 3 nitrogen and oxygen atoms in total. The molecule has 0 aliphatic heterocycles. The van der Waals surface area contributed by atoms with Crippen LogP contribution in [0.3, 0.4) is 0 Å². The van der Waals surface area contributed by atoms with Gasteiger partial charge in [0, 0.05) is 53.8 Å². The van der Waals surface area contributed by atoms with Crippen molar-refractivity contribution < 1.29 is 0 Å². The largest absolute Gasteiger partial charge is 0.115 e. The maximum absolute atomic E-state index is 8.13. The van der Waals surface area contributed by atoms with Crippen LogP contribution in [0.15, 0.2) is 5.11 Å². The van der Waals surface area contributed by atoms with E-state index >= 15 is 0 Å². The number of hydrogen-bond acceptors (Lipinski definition) is 1. The lowest BCUT2D eigenvalue weighted by Gasteiger charge is -1.97. The van der Waals surface area contributed by atoms with Crippen LogP contribution in [0.1, 0.15) is 19.3 Å². The molecule has 0 aromatic rings. The van der Waals surface area contributed by atoms with Crippen LogP contribution < -0.4 is 0 Å². The van der Waals surface area contributed by atoms with E-state index in [0.29, 0.717) is 6.54 Å². The first-order valence-corrected chi connectivity index (χ1v) is 8.42. The highest BCUT2D eigenvalue weighted by Gasteiger charge is 2.00. The summed E-state index contributed by atoms with van der Waals surface area (Å²) in [6.07, 6.45) is 6.38. The van der Waals surface area contributed by atoms with E-state index in [4.69, 9.17) is 5.53 Å². The molecule has 0 amide bonds. The molecule has 0 spiro atoms. The van der Waals surface area contributed by atoms with Crippen molar-refractivity contribution in [3.63, 3.8) is 0 Å². The van der Waals surface area contributed by atoms with E-state index < -0.39 is 0 Å². The Kier molecular flexibility index (Phi) is 17.9. The molecule has 19 heavy (non-hydrogen) atoms. The Morgan fingerprint density at radius 2 is 1.63 bits per heavy atom. The van der Waals surface area contributed by atoms with Crippen LogP contribution in [0.25, 0.3) is 10.4 Å². The van der Waals surface area contributed by atoms with Crippen molar-refractivity contribution in [1.82, 2.24) is 0 Å². The van der Waals surface area contributed by atoms with Gasteiger partial charge in [-0.05, 0) is 12.0 Å². The van der Waals surface area contributed by atoms with Gasteiger partial charge in [0.2, 0.25) is 0 Å². The lowest BCUT2D eigenvalue weighted by molar-refractivity contribution is 0.724. The Bertz CT molecular complexity index is 225. The summed E-state index contributed by atoms with van der Waals surface area (Å²) in [7, 11) is 15.0. The molecule has 0 aliphatic carbocycles. The Morgan fingerprint density at radius 1 is 0.895 bits per heavy atom. The van der Waals surface area contributed by atoms with E-state index in [0.717, 1.165) is 6.42 Å². The van der Waals surface area contributed by atoms with Gasteiger partial charge in [0.1, 0.15) is 0 Å². The highest BCUT2D eigenvalue weighted by Crippen LogP contribution is 1.99. The van der Waals surface area contributed by atoms with Crippen LogP contribution >= 0.6 is 0 Å². The van der Waals surface area contributed by atoms with Crippen molar-refractivity contribution in [3.8, 4) is 0 Å². The van der Waals surface area contributed by atoms with Gasteiger partial charge < -0.3 is 0 Å². The highest BCUT2D eigenvalue weighted by atomic mass is 15.1. The van der Waals surface area contributed by atoms with Crippen LogP contribution in [-0.2, 0) is 0 Å². The van der Waals surface area contributed by atoms with E-state index in [-0.39, 0.29) is 0 Å². The zero-order valence-electron chi connectivity index (χ0n) is 12.9. The topological polar surface area (TPSA) is 48.8 Å². The van der Waals surface area contributed by atoms with Gasteiger partial charge in [-0.3, -0.25) is 0 Å². The molecule has 0 aromatic carbocycles. The quantitative estimate of drug-likeness (QED) is 0.0932. The molecular formula is C6H23B10N3. The fourth-order valence-electron chi connectivity index (χ4n) is 2.42. The lowest BCUT2D eigenvalue weighted by Crippen LogP contribution is -2.26. The minimum Gasteiger partial charge on any atom is -0.115 e. The Labute approximate surface area is 126 Å². The average molecular weight is 245 g/mol. The summed E-state index contributed by atoms with van der Waals surface area (Å²) in [5.74, 6) is 0. The van der Waals surface area contributed by atoms with Crippen molar-refractivity contribution in [3.05, 3.63) is 10.4 Å². The predicted molar refractivity (Wildman–Crippen MR) is 110 cm³/mol. The Morgan fingerprint density at radius 3 is 2.37 bits per heavy atom. The maximum atomic E-state index is 8.13. The minimum absolute atomic E-state index is 0.675. The van der Waals surface area contributed by atoms with Crippen LogP contribution in [0, 0.1) is 0 Å². The SMILES string of the molecule is BBBBBCBBBBBCCCCCN=[N+]=[N-]. The third-order valence-electron chi connectivity index (χ3n) is 3.67. The summed E-state index contributed by atoms with van der Waals surface area (Å²) in [5, 5.41) is 3.55. The summed E-state index contributed by atoms with van der Waals surface area (Å²) in [6.45, 7) is 0.675. The minimum atomic E-state index is 0.675. The average Bonchev–Trinajstić information content (AvgIpc) is 2.43. The van der Waals surface area contributed by atoms with Crippen LogP contribution in [0.2, 0.25) is 12.5 Å². The summed E-state index contributed by atoms with van der Waals surface area (Å²) < 4.78 is 0. The van der Waals surface area contributed by atoms with Gasteiger partial charge in [0.25, 0.3) is 0 Å². The van der Waals surface area contributed by atoms with Crippen molar-refractivity contribution >= 4 is 71.6 Å². The van der Waals surface area contributed by atoms with Crippen LogP contribution in [-0.4, -0.2) is 78.2 Å². The molecular weight excluding hydrogens is 222 g/mol. The first-order valence-electron chi connectivity index (χ1n) is 8.42. The second kappa shape index (κ2) is 18.0. The predicted octanol–water partition coefficient (Wildman–Crippen LogP) is -3.86. The summed E-state index contributed by atoms with van der Waals surface area (Å²) in [6, 6.07) is 0. The fourth-order valence-corrected chi connectivity index (χ4v) is 2.42. The molecule has 0 aliphatic rings. The molecule has 0 rings (SSSR count). The molecule has 0 N–H and O–H groups in total. The molecule has 92 valence electrons. The van der Waals surface area contributed by atoms with Crippen molar-refractivity contribution in [2.75, 3.05) is 6.54 Å². The van der Waals surface area contributed by atoms with Crippen molar-refractivity contribution in [2.45, 2.75) is 31.8 Å². The molecule has 0 atom stereocenters. The number of azide groups is 1. The van der Waals surface area contributed by atoms with Gasteiger partial charge in [-0.1, -0.05) is 24.3 Å². The number of unbranched alkanes of at least 4 members (excludes halogenated alkanes) is 2. The van der Waals surface area contributed by atoms with Gasteiger partial charge in [-0.15, -0.1) is 6.22 Å². The molecule has 0 fully saturated rings. The summed E-state index contributed by atoms with van der Waals surface area (Å²) in [4.78, 5) is 2.76. The lowest BCUT2D eigenvalue weighted by atomic mass is 8.97. The van der Waals surface area contributed by atoms with E-state index in [9.17, 15) is 0 Å². The monoisotopic (exact) mass is 247 g/mol. The van der Waals surface area contributed by atoms with E-state index in [1.165, 1.54) is 89.3 Å². The number of nitrogens with zero attached hydrogens (tertiary/aromatic N) is 3. The zero-order chi connectivity index (χ0) is 14.0. The molecule has 0 bridgehead atoms. The number of rotatable bonds is 15. The first-order chi connectivity index (χ1) is 9.41. The number of hydrogen-bond donors (Lipinski definition) is 0. The van der Waals surface area contributed by atoms with Crippen molar-refractivity contribution in [1.29, 1.82) is 0 Å². The van der Waals surface area contributed by atoms with E-state index in [1.54, 1.807) is 0 Å². The normalized spacial score (nSPS) is 8.42. The van der Waals surface area contributed by atoms with Gasteiger partial charge >= 0.3 is 0 Å². The third kappa shape index (κ3) is 18.0. The summed E-state index contributed by atoms with van der Waals surface area (Å²) in [5.41, 5.74) is 8.13. The van der Waals surface area contributed by atoms with Gasteiger partial charge in [-0.2, -0.15) is 0 Å². The zero-order valence-corrected chi connectivity index (χ0v) is 12.9. The summed E-state index contributed by atoms with van der Waals surface area (Å²) >= 11 is 0. The van der Waals surface area contributed by atoms with Crippen LogP contribution in [0.4, 0.5) is 0 Å². The first kappa shape index (κ1) is 19.0. The highest BCUT2D eigenvalue weighted by molar-refractivity contribution is 7.55. The molecule has 0 heterocycles. The second-order valence-electron chi connectivity index (χ2n) is 5.55. The molecule has 0 saturated carbocycles. The molecule has 0 unspecified atom stereocenters.